The number of carbonyl (C=O) groups is 2. The van der Waals surface area contributed by atoms with Crippen molar-refractivity contribution in [3.63, 3.8) is 0 Å². The minimum Gasteiger partial charge on any atom is -0.480 e. The van der Waals surface area contributed by atoms with Crippen molar-refractivity contribution in [2.24, 2.45) is 5.92 Å². The maximum Gasteiger partial charge on any atom is 0.326 e. The van der Waals surface area contributed by atoms with Gasteiger partial charge in [0.1, 0.15) is 6.04 Å². The molecular formula is C13H22N2O3. The lowest BCUT2D eigenvalue weighted by Crippen LogP contribution is -2.53. The number of amides is 2. The van der Waals surface area contributed by atoms with Crippen molar-refractivity contribution in [3.8, 4) is 0 Å². The molecular weight excluding hydrogens is 232 g/mol. The number of hydrogen-bond acceptors (Lipinski definition) is 2. The van der Waals surface area contributed by atoms with Gasteiger partial charge >= 0.3 is 12.0 Å². The molecule has 102 valence electrons. The standard InChI is InChI=1S/C13H22N2O3/c1-9-5-8-14(10(9)11(16)17)12(18)15-7-4-6-13(15,2)3/h9-10H,4-8H2,1-3H3,(H,16,17). The molecule has 18 heavy (non-hydrogen) atoms. The van der Waals surface area contributed by atoms with Crippen molar-refractivity contribution < 1.29 is 14.7 Å². The van der Waals surface area contributed by atoms with Crippen molar-refractivity contribution in [2.45, 2.75) is 51.6 Å². The third-order valence-electron chi connectivity index (χ3n) is 4.33. The van der Waals surface area contributed by atoms with Crippen LogP contribution in [0.25, 0.3) is 0 Å². The van der Waals surface area contributed by atoms with E-state index < -0.39 is 12.0 Å². The zero-order valence-corrected chi connectivity index (χ0v) is 11.3. The maximum absolute atomic E-state index is 12.5. The molecule has 0 aliphatic carbocycles. The Bertz CT molecular complexity index is 367. The number of carboxylic acids is 1. The van der Waals surface area contributed by atoms with Gasteiger partial charge in [-0.3, -0.25) is 0 Å². The van der Waals surface area contributed by atoms with E-state index in [1.807, 2.05) is 25.7 Å². The Morgan fingerprint density at radius 1 is 1.28 bits per heavy atom. The molecule has 2 atom stereocenters. The second-order valence-corrected chi connectivity index (χ2v) is 6.09. The van der Waals surface area contributed by atoms with Crippen molar-refractivity contribution in [3.05, 3.63) is 0 Å². The summed E-state index contributed by atoms with van der Waals surface area (Å²) in [6.45, 7) is 7.30. The quantitative estimate of drug-likeness (QED) is 0.776. The molecule has 2 aliphatic rings. The molecule has 2 fully saturated rings. The number of likely N-dealkylation sites (tertiary alicyclic amines) is 2. The summed E-state index contributed by atoms with van der Waals surface area (Å²) in [4.78, 5) is 27.2. The highest BCUT2D eigenvalue weighted by Gasteiger charge is 2.45. The van der Waals surface area contributed by atoms with E-state index in [4.69, 9.17) is 0 Å². The van der Waals surface area contributed by atoms with E-state index in [1.54, 1.807) is 4.90 Å². The molecule has 5 heteroatoms. The van der Waals surface area contributed by atoms with Crippen molar-refractivity contribution >= 4 is 12.0 Å². The van der Waals surface area contributed by atoms with E-state index in [9.17, 15) is 14.7 Å². The van der Waals surface area contributed by atoms with Crippen LogP contribution in [-0.4, -0.2) is 51.6 Å². The minimum atomic E-state index is -0.884. The molecule has 0 radical (unpaired) electrons. The average molecular weight is 254 g/mol. The molecule has 0 aromatic carbocycles. The van der Waals surface area contributed by atoms with Gasteiger partial charge in [-0.15, -0.1) is 0 Å². The molecule has 0 bridgehead atoms. The lowest BCUT2D eigenvalue weighted by atomic mass is 10.0. The van der Waals surface area contributed by atoms with Crippen LogP contribution >= 0.6 is 0 Å². The van der Waals surface area contributed by atoms with Crippen LogP contribution in [0.15, 0.2) is 0 Å². The van der Waals surface area contributed by atoms with Crippen LogP contribution in [-0.2, 0) is 4.79 Å². The Morgan fingerprint density at radius 3 is 2.44 bits per heavy atom. The highest BCUT2D eigenvalue weighted by molar-refractivity contribution is 5.84. The fraction of sp³-hybridized carbons (Fsp3) is 0.846. The van der Waals surface area contributed by atoms with E-state index in [1.165, 1.54) is 0 Å². The molecule has 2 unspecified atom stereocenters. The first-order valence-electron chi connectivity index (χ1n) is 6.65. The van der Waals surface area contributed by atoms with Gasteiger partial charge in [-0.1, -0.05) is 6.92 Å². The van der Waals surface area contributed by atoms with Crippen LogP contribution in [0.4, 0.5) is 4.79 Å². The Morgan fingerprint density at radius 2 is 1.94 bits per heavy atom. The summed E-state index contributed by atoms with van der Waals surface area (Å²) >= 11 is 0. The van der Waals surface area contributed by atoms with Crippen LogP contribution in [0, 0.1) is 5.92 Å². The van der Waals surface area contributed by atoms with Gasteiger partial charge in [0.15, 0.2) is 0 Å². The summed E-state index contributed by atoms with van der Waals surface area (Å²) in [7, 11) is 0. The summed E-state index contributed by atoms with van der Waals surface area (Å²) in [5.41, 5.74) is -0.147. The molecule has 2 aliphatic heterocycles. The summed E-state index contributed by atoms with van der Waals surface area (Å²) in [6, 6.07) is -0.761. The van der Waals surface area contributed by atoms with Crippen molar-refractivity contribution in [1.29, 1.82) is 0 Å². The summed E-state index contributed by atoms with van der Waals surface area (Å²) in [5.74, 6) is -0.845. The summed E-state index contributed by atoms with van der Waals surface area (Å²) in [5, 5.41) is 9.26. The molecule has 2 heterocycles. The van der Waals surface area contributed by atoms with Crippen LogP contribution in [0.1, 0.15) is 40.0 Å². The van der Waals surface area contributed by atoms with E-state index in [0.717, 1.165) is 25.8 Å². The van der Waals surface area contributed by atoms with E-state index in [0.29, 0.717) is 6.54 Å². The lowest BCUT2D eigenvalue weighted by molar-refractivity contribution is -0.142. The maximum atomic E-state index is 12.5. The molecule has 1 N–H and O–H groups in total. The zero-order chi connectivity index (χ0) is 13.5. The van der Waals surface area contributed by atoms with E-state index in [-0.39, 0.29) is 17.5 Å². The van der Waals surface area contributed by atoms with Gasteiger partial charge in [-0.25, -0.2) is 9.59 Å². The topological polar surface area (TPSA) is 60.9 Å². The van der Waals surface area contributed by atoms with Gasteiger partial charge in [0.05, 0.1) is 0 Å². The predicted molar refractivity (Wildman–Crippen MR) is 67.3 cm³/mol. The summed E-state index contributed by atoms with van der Waals surface area (Å²) < 4.78 is 0. The Balaban J connectivity index is 2.16. The Hall–Kier alpha value is -1.26. The van der Waals surface area contributed by atoms with Crippen molar-refractivity contribution in [2.75, 3.05) is 13.1 Å². The molecule has 0 spiro atoms. The van der Waals surface area contributed by atoms with Gasteiger partial charge in [0.2, 0.25) is 0 Å². The molecule has 5 nitrogen and oxygen atoms in total. The van der Waals surface area contributed by atoms with Gasteiger partial charge in [-0.05, 0) is 39.0 Å². The number of hydrogen-bond donors (Lipinski definition) is 1. The number of carbonyl (C=O) groups excluding carboxylic acids is 1. The smallest absolute Gasteiger partial charge is 0.326 e. The van der Waals surface area contributed by atoms with Gasteiger partial charge in [-0.2, -0.15) is 0 Å². The number of rotatable bonds is 1. The molecule has 0 saturated carbocycles. The third-order valence-corrected chi connectivity index (χ3v) is 4.33. The number of carboxylic acid groups (broad SMARTS) is 1. The average Bonchev–Trinajstić information content (AvgIpc) is 2.80. The van der Waals surface area contributed by atoms with Crippen LogP contribution < -0.4 is 0 Å². The summed E-state index contributed by atoms with van der Waals surface area (Å²) in [6.07, 6.45) is 2.76. The third kappa shape index (κ3) is 2.06. The Kier molecular flexibility index (Phi) is 3.25. The Labute approximate surface area is 108 Å². The first-order valence-corrected chi connectivity index (χ1v) is 6.65. The molecule has 0 aromatic heterocycles. The molecule has 2 rings (SSSR count). The van der Waals surface area contributed by atoms with Crippen molar-refractivity contribution in [1.82, 2.24) is 9.80 Å². The number of aliphatic carboxylic acids is 1. The first-order chi connectivity index (χ1) is 8.34. The molecule has 2 amide bonds. The number of urea groups is 1. The lowest BCUT2D eigenvalue weighted by Gasteiger charge is -2.36. The molecule has 2 saturated heterocycles. The minimum absolute atomic E-state index is 0.0390. The van der Waals surface area contributed by atoms with Crippen LogP contribution in [0.2, 0.25) is 0 Å². The van der Waals surface area contributed by atoms with Crippen LogP contribution in [0.3, 0.4) is 0 Å². The fourth-order valence-corrected chi connectivity index (χ4v) is 3.16. The van der Waals surface area contributed by atoms with E-state index >= 15 is 0 Å². The van der Waals surface area contributed by atoms with E-state index in [2.05, 4.69) is 0 Å². The van der Waals surface area contributed by atoms with Gasteiger partial charge < -0.3 is 14.9 Å². The van der Waals surface area contributed by atoms with Gasteiger partial charge in [0, 0.05) is 18.6 Å². The monoisotopic (exact) mass is 254 g/mol. The zero-order valence-electron chi connectivity index (χ0n) is 11.3. The second-order valence-electron chi connectivity index (χ2n) is 6.09. The largest absolute Gasteiger partial charge is 0.480 e. The van der Waals surface area contributed by atoms with Crippen LogP contribution in [0.5, 0.6) is 0 Å². The first kappa shape index (κ1) is 13.2. The SMILES string of the molecule is CC1CCN(C(=O)N2CCCC2(C)C)C1C(=O)O. The number of nitrogens with zero attached hydrogens (tertiary/aromatic N) is 2. The normalized spacial score (nSPS) is 30.8. The van der Waals surface area contributed by atoms with Gasteiger partial charge in [0.25, 0.3) is 0 Å². The molecule has 0 aromatic rings. The highest BCUT2D eigenvalue weighted by atomic mass is 16.4. The predicted octanol–water partition coefficient (Wildman–Crippen LogP) is 1.78. The fourth-order valence-electron chi connectivity index (χ4n) is 3.16. The second kappa shape index (κ2) is 4.44. The highest BCUT2D eigenvalue weighted by Crippen LogP contribution is 2.32.